The number of aromatic nitrogens is 2. The summed E-state index contributed by atoms with van der Waals surface area (Å²) in [5, 5.41) is 13.3. The van der Waals surface area contributed by atoms with Crippen LogP contribution in [0.3, 0.4) is 0 Å². The molecule has 1 aliphatic rings. The van der Waals surface area contributed by atoms with Gasteiger partial charge in [-0.25, -0.2) is 0 Å². The number of aryl methyl sites for hydroxylation is 1. The van der Waals surface area contributed by atoms with Gasteiger partial charge in [-0.2, -0.15) is 5.10 Å². The molecule has 1 aliphatic heterocycles. The second-order valence-electron chi connectivity index (χ2n) is 7.54. The van der Waals surface area contributed by atoms with E-state index in [0.29, 0.717) is 5.82 Å². The molecule has 1 aromatic carbocycles. The van der Waals surface area contributed by atoms with Gasteiger partial charge in [0.1, 0.15) is 5.75 Å². The minimum Gasteiger partial charge on any atom is -0.483 e. The summed E-state index contributed by atoms with van der Waals surface area (Å²) in [5.74, 6) is 1.17. The Bertz CT molecular complexity index is 774. The molecule has 1 amide bonds. The molecular formula is C19H26N4O2. The molecule has 0 unspecified atom stereocenters. The van der Waals surface area contributed by atoms with Gasteiger partial charge in [0.15, 0.2) is 12.4 Å². The fourth-order valence-electron chi connectivity index (χ4n) is 3.01. The van der Waals surface area contributed by atoms with Crippen molar-refractivity contribution in [1.29, 1.82) is 0 Å². The lowest BCUT2D eigenvalue weighted by atomic mass is 9.85. The van der Waals surface area contributed by atoms with Crippen molar-refractivity contribution in [3.8, 4) is 5.75 Å². The highest BCUT2D eigenvalue weighted by molar-refractivity contribution is 5.91. The lowest BCUT2D eigenvalue weighted by Gasteiger charge is -2.23. The molecule has 25 heavy (non-hydrogen) atoms. The van der Waals surface area contributed by atoms with Gasteiger partial charge in [0, 0.05) is 12.1 Å². The molecule has 2 heterocycles. The molecule has 0 radical (unpaired) electrons. The summed E-state index contributed by atoms with van der Waals surface area (Å²) < 4.78 is 5.81. The van der Waals surface area contributed by atoms with E-state index >= 15 is 0 Å². The molecule has 3 N–H and O–H groups in total. The zero-order chi connectivity index (χ0) is 18.0. The highest BCUT2D eigenvalue weighted by Gasteiger charge is 2.21. The van der Waals surface area contributed by atoms with E-state index in [1.54, 1.807) is 0 Å². The third-order valence-electron chi connectivity index (χ3n) is 4.37. The Hall–Kier alpha value is -2.34. The molecule has 0 bridgehead atoms. The lowest BCUT2D eigenvalue weighted by Crippen LogP contribution is -2.25. The Balaban J connectivity index is 1.66. The first-order valence-electron chi connectivity index (χ1n) is 8.65. The molecule has 1 aromatic heterocycles. The highest BCUT2D eigenvalue weighted by Crippen LogP contribution is 2.32. The second-order valence-corrected chi connectivity index (χ2v) is 7.54. The van der Waals surface area contributed by atoms with Crippen molar-refractivity contribution in [1.82, 2.24) is 15.5 Å². The monoisotopic (exact) mass is 342 g/mol. The fraction of sp³-hybridized carbons (Fsp3) is 0.474. The Morgan fingerprint density at radius 3 is 2.92 bits per heavy atom. The van der Waals surface area contributed by atoms with Gasteiger partial charge in [0.05, 0.1) is 5.69 Å². The van der Waals surface area contributed by atoms with Gasteiger partial charge < -0.3 is 15.4 Å². The standard InChI is InChI=1S/C19H26N4O2/c1-12-5-6-16(14(9-12)19(2,3)4)25-11-17(24)21-18-13-7-8-20-10-15(13)22-23-18/h5-6,9,20H,7-8,10-11H2,1-4H3,(H2,21,22,23,24). The largest absolute Gasteiger partial charge is 0.483 e. The number of nitrogens with one attached hydrogen (secondary N) is 3. The topological polar surface area (TPSA) is 79.0 Å². The van der Waals surface area contributed by atoms with Gasteiger partial charge in [0.2, 0.25) is 0 Å². The molecule has 0 aliphatic carbocycles. The van der Waals surface area contributed by atoms with Gasteiger partial charge in [-0.05, 0) is 36.9 Å². The van der Waals surface area contributed by atoms with Crippen molar-refractivity contribution in [3.05, 3.63) is 40.6 Å². The van der Waals surface area contributed by atoms with E-state index in [1.807, 2.05) is 12.1 Å². The third-order valence-corrected chi connectivity index (χ3v) is 4.37. The Morgan fingerprint density at radius 1 is 1.36 bits per heavy atom. The maximum atomic E-state index is 12.3. The maximum absolute atomic E-state index is 12.3. The van der Waals surface area contributed by atoms with Crippen molar-refractivity contribution in [2.24, 2.45) is 0 Å². The van der Waals surface area contributed by atoms with E-state index in [-0.39, 0.29) is 17.9 Å². The summed E-state index contributed by atoms with van der Waals surface area (Å²) in [7, 11) is 0. The number of anilines is 1. The maximum Gasteiger partial charge on any atom is 0.263 e. The number of aromatic amines is 1. The van der Waals surface area contributed by atoms with Crippen molar-refractivity contribution >= 4 is 11.7 Å². The molecule has 2 aromatic rings. The van der Waals surface area contributed by atoms with Crippen LogP contribution in [0.1, 0.15) is 43.2 Å². The first-order chi connectivity index (χ1) is 11.8. The average Bonchev–Trinajstić information content (AvgIpc) is 2.96. The molecule has 3 rings (SSSR count). The van der Waals surface area contributed by atoms with Crippen LogP contribution in [0.25, 0.3) is 0 Å². The summed E-state index contributed by atoms with van der Waals surface area (Å²) in [5.41, 5.74) is 4.35. The first kappa shape index (κ1) is 17.5. The first-order valence-corrected chi connectivity index (χ1v) is 8.65. The molecule has 6 nitrogen and oxygen atoms in total. The number of hydrogen-bond acceptors (Lipinski definition) is 4. The average molecular weight is 342 g/mol. The number of ether oxygens (including phenoxy) is 1. The molecular weight excluding hydrogens is 316 g/mol. The van der Waals surface area contributed by atoms with E-state index < -0.39 is 0 Å². The normalized spacial score (nSPS) is 14.1. The van der Waals surface area contributed by atoms with E-state index in [1.165, 1.54) is 5.56 Å². The number of hydrogen-bond donors (Lipinski definition) is 3. The quantitative estimate of drug-likeness (QED) is 0.798. The van der Waals surface area contributed by atoms with E-state index in [0.717, 1.165) is 42.1 Å². The van der Waals surface area contributed by atoms with Gasteiger partial charge in [-0.1, -0.05) is 38.5 Å². The fourth-order valence-corrected chi connectivity index (χ4v) is 3.01. The second kappa shape index (κ2) is 6.88. The smallest absolute Gasteiger partial charge is 0.263 e. The van der Waals surface area contributed by atoms with Crippen LogP contribution >= 0.6 is 0 Å². The predicted octanol–water partition coefficient (Wildman–Crippen LogP) is 2.68. The van der Waals surface area contributed by atoms with E-state index in [2.05, 4.69) is 54.6 Å². The van der Waals surface area contributed by atoms with Crippen LogP contribution in [0.4, 0.5) is 5.82 Å². The van der Waals surface area contributed by atoms with Gasteiger partial charge in [0.25, 0.3) is 5.91 Å². The summed E-state index contributed by atoms with van der Waals surface area (Å²) in [6, 6.07) is 6.05. The lowest BCUT2D eigenvalue weighted by molar-refractivity contribution is -0.118. The van der Waals surface area contributed by atoms with Crippen molar-refractivity contribution in [3.63, 3.8) is 0 Å². The Labute approximate surface area is 148 Å². The van der Waals surface area contributed by atoms with Crippen LogP contribution in [-0.4, -0.2) is 29.3 Å². The highest BCUT2D eigenvalue weighted by atomic mass is 16.5. The van der Waals surface area contributed by atoms with Crippen molar-refractivity contribution in [2.75, 3.05) is 18.5 Å². The zero-order valence-corrected chi connectivity index (χ0v) is 15.3. The number of fused-ring (bicyclic) bond motifs is 1. The zero-order valence-electron chi connectivity index (χ0n) is 15.3. The molecule has 0 saturated heterocycles. The minimum atomic E-state index is -0.201. The van der Waals surface area contributed by atoms with Crippen LogP contribution in [0.5, 0.6) is 5.75 Å². The van der Waals surface area contributed by atoms with E-state index in [4.69, 9.17) is 4.74 Å². The van der Waals surface area contributed by atoms with Crippen LogP contribution in [0.2, 0.25) is 0 Å². The number of H-pyrrole nitrogens is 1. The summed E-state index contributed by atoms with van der Waals surface area (Å²) in [6.45, 7) is 10.1. The van der Waals surface area contributed by atoms with Crippen LogP contribution in [-0.2, 0) is 23.2 Å². The molecule has 0 fully saturated rings. The number of carbonyl (C=O) groups is 1. The Kier molecular flexibility index (Phi) is 4.81. The van der Waals surface area contributed by atoms with Crippen LogP contribution < -0.4 is 15.4 Å². The third kappa shape index (κ3) is 4.02. The van der Waals surface area contributed by atoms with Gasteiger partial charge in [-0.3, -0.25) is 9.89 Å². The molecule has 0 spiro atoms. The summed E-state index contributed by atoms with van der Waals surface area (Å²) in [6.07, 6.45) is 0.856. The Morgan fingerprint density at radius 2 is 2.16 bits per heavy atom. The van der Waals surface area contributed by atoms with Crippen molar-refractivity contribution < 1.29 is 9.53 Å². The number of carbonyl (C=O) groups excluding carboxylic acids is 1. The van der Waals surface area contributed by atoms with E-state index in [9.17, 15) is 4.79 Å². The van der Waals surface area contributed by atoms with Gasteiger partial charge in [-0.15, -0.1) is 0 Å². The van der Waals surface area contributed by atoms with Crippen LogP contribution in [0, 0.1) is 6.92 Å². The number of nitrogens with zero attached hydrogens (tertiary/aromatic N) is 1. The minimum absolute atomic E-state index is 0.0357. The van der Waals surface area contributed by atoms with Gasteiger partial charge >= 0.3 is 0 Å². The number of amides is 1. The SMILES string of the molecule is Cc1ccc(OCC(=O)Nc2n[nH]c3c2CCNC3)c(C(C)(C)C)c1. The van der Waals surface area contributed by atoms with Crippen molar-refractivity contribution in [2.45, 2.75) is 46.1 Å². The molecule has 0 saturated carbocycles. The van der Waals surface area contributed by atoms with Crippen LogP contribution in [0.15, 0.2) is 18.2 Å². The summed E-state index contributed by atoms with van der Waals surface area (Å²) in [4.78, 5) is 12.3. The summed E-state index contributed by atoms with van der Waals surface area (Å²) >= 11 is 0. The number of benzene rings is 1. The molecule has 134 valence electrons. The predicted molar refractivity (Wildman–Crippen MR) is 98.0 cm³/mol. The molecule has 6 heteroatoms. The molecule has 0 atom stereocenters. The number of rotatable bonds is 4.